The van der Waals surface area contributed by atoms with Gasteiger partial charge in [0.1, 0.15) is 11.1 Å². The van der Waals surface area contributed by atoms with Crippen molar-refractivity contribution in [2.24, 2.45) is 0 Å². The molecule has 3 aliphatic rings. The molecule has 2 nitrogen and oxygen atoms in total. The molecular formula is C33H20N2+2. The lowest BCUT2D eigenvalue weighted by molar-refractivity contribution is -0.858. The highest BCUT2D eigenvalue weighted by molar-refractivity contribution is 6.04. The average molecular weight is 445 g/mol. The number of benzene rings is 5. The Morgan fingerprint density at radius 2 is 1.26 bits per heavy atom. The van der Waals surface area contributed by atoms with Gasteiger partial charge in [0.25, 0.3) is 5.69 Å². The predicted octanol–water partition coefficient (Wildman–Crippen LogP) is 6.77. The summed E-state index contributed by atoms with van der Waals surface area (Å²) in [6.45, 7) is 0. The van der Waals surface area contributed by atoms with Gasteiger partial charge in [-0.05, 0) is 46.5 Å². The summed E-state index contributed by atoms with van der Waals surface area (Å²) in [7, 11) is 0. The fourth-order valence-electron chi connectivity index (χ4n) is 6.98. The summed E-state index contributed by atoms with van der Waals surface area (Å²) in [4.78, 5) is 0. The molecule has 0 amide bonds. The second kappa shape index (κ2) is 5.92. The third-order valence-electron chi connectivity index (χ3n) is 8.23. The molecule has 5 aromatic carbocycles. The highest BCUT2D eigenvalue weighted by atomic mass is 15.4. The van der Waals surface area contributed by atoms with Crippen LogP contribution in [-0.4, -0.2) is 10.8 Å². The normalized spacial score (nSPS) is 18.0. The number of aromatic nitrogens is 1. The zero-order valence-corrected chi connectivity index (χ0v) is 18.9. The van der Waals surface area contributed by atoms with Gasteiger partial charge in [-0.25, -0.2) is 0 Å². The van der Waals surface area contributed by atoms with E-state index in [1.54, 1.807) is 0 Å². The maximum atomic E-state index is 2.60. The van der Waals surface area contributed by atoms with Crippen molar-refractivity contribution in [1.29, 1.82) is 0 Å². The van der Waals surface area contributed by atoms with Crippen LogP contribution in [0.25, 0.3) is 43.9 Å². The van der Waals surface area contributed by atoms with E-state index in [0.29, 0.717) is 0 Å². The highest BCUT2D eigenvalue weighted by Gasteiger charge is 2.70. The molecule has 1 spiro atoms. The van der Waals surface area contributed by atoms with Crippen molar-refractivity contribution in [3.05, 3.63) is 132 Å². The second-order valence-electron chi connectivity index (χ2n) is 9.78. The van der Waals surface area contributed by atoms with Crippen molar-refractivity contribution in [2.75, 3.05) is 0 Å². The highest BCUT2D eigenvalue weighted by Crippen LogP contribution is 2.56. The Morgan fingerprint density at radius 1 is 0.543 bits per heavy atom. The summed E-state index contributed by atoms with van der Waals surface area (Å²) in [6, 6.07) is 42.6. The van der Waals surface area contributed by atoms with Gasteiger partial charge in [-0.3, -0.25) is 0 Å². The van der Waals surface area contributed by atoms with E-state index in [4.69, 9.17) is 0 Å². The molecule has 0 saturated carbocycles. The Kier molecular flexibility index (Phi) is 3.02. The number of rotatable bonds is 0. The van der Waals surface area contributed by atoms with Crippen LogP contribution in [0.2, 0.25) is 0 Å². The average Bonchev–Trinajstić information content (AvgIpc) is 3.42. The zero-order valence-electron chi connectivity index (χ0n) is 18.9. The predicted molar refractivity (Wildman–Crippen MR) is 140 cm³/mol. The molecule has 35 heavy (non-hydrogen) atoms. The minimum atomic E-state index is -0.445. The molecule has 6 aromatic rings. The van der Waals surface area contributed by atoms with Crippen molar-refractivity contribution < 1.29 is 9.14 Å². The van der Waals surface area contributed by atoms with E-state index in [1.165, 1.54) is 66.4 Å². The lowest BCUT2D eigenvalue weighted by Gasteiger charge is -2.28. The zero-order chi connectivity index (χ0) is 22.7. The van der Waals surface area contributed by atoms with E-state index in [0.717, 1.165) is 0 Å². The Hall–Kier alpha value is -4.56. The largest absolute Gasteiger partial charge is 0.418 e. The van der Waals surface area contributed by atoms with Gasteiger partial charge in [0, 0.05) is 17.7 Å². The van der Waals surface area contributed by atoms with Gasteiger partial charge >= 0.3 is 5.66 Å². The lowest BCUT2D eigenvalue weighted by Crippen LogP contribution is -2.59. The molecule has 0 aliphatic carbocycles. The first-order valence-corrected chi connectivity index (χ1v) is 12.2. The minimum absolute atomic E-state index is 0.445. The molecule has 1 aromatic heterocycles. The second-order valence-corrected chi connectivity index (χ2v) is 9.78. The Morgan fingerprint density at radius 3 is 2.17 bits per heavy atom. The van der Waals surface area contributed by atoms with E-state index in [2.05, 4.69) is 131 Å². The van der Waals surface area contributed by atoms with Crippen molar-refractivity contribution in [3.63, 3.8) is 0 Å². The van der Waals surface area contributed by atoms with Crippen LogP contribution in [0.4, 0.5) is 5.69 Å². The summed E-state index contributed by atoms with van der Waals surface area (Å²) in [5.41, 5.74) is 10.0. The van der Waals surface area contributed by atoms with Gasteiger partial charge in [0.05, 0.1) is 16.5 Å². The van der Waals surface area contributed by atoms with Crippen molar-refractivity contribution in [1.82, 2.24) is 0 Å². The minimum Gasteiger partial charge on any atom is -0.119 e. The van der Waals surface area contributed by atoms with Gasteiger partial charge in [0.2, 0.25) is 17.6 Å². The first kappa shape index (κ1) is 17.9. The van der Waals surface area contributed by atoms with Gasteiger partial charge < -0.3 is 0 Å². The van der Waals surface area contributed by atoms with Gasteiger partial charge in [-0.1, -0.05) is 72.8 Å². The van der Waals surface area contributed by atoms with Crippen LogP contribution >= 0.6 is 0 Å². The molecule has 1 atom stereocenters. The molecule has 0 fully saturated rings. The molecule has 9 rings (SSSR count). The number of pyridine rings is 1. The number of fused-ring (bicyclic) bond motifs is 10. The molecule has 4 heterocycles. The summed E-state index contributed by atoms with van der Waals surface area (Å²) in [5, 5.41) is 5.18. The summed E-state index contributed by atoms with van der Waals surface area (Å²) in [5.74, 6) is 0. The molecule has 0 radical (unpaired) electrons. The standard InChI is InChI=1S/C33H20N2/c1-3-11-24-21(9-1)17-18-29-31(24)27-14-6-8-16-30(27)34-20-23-19-22-10-2-4-12-25(22)32-26-13-5-7-15-28(26)33(29,34)35(23)32/h1-20H/q+2. The first-order valence-electron chi connectivity index (χ1n) is 12.2. The number of nitrogens with zero attached hydrogens (tertiary/aromatic N) is 2. The Labute approximate surface area is 202 Å². The van der Waals surface area contributed by atoms with Crippen LogP contribution in [0.3, 0.4) is 0 Å². The number of hydrogen-bond donors (Lipinski definition) is 0. The van der Waals surface area contributed by atoms with E-state index in [-0.39, 0.29) is 0 Å². The van der Waals surface area contributed by atoms with Crippen LogP contribution in [0.5, 0.6) is 0 Å². The van der Waals surface area contributed by atoms with Crippen LogP contribution in [0, 0.1) is 0 Å². The van der Waals surface area contributed by atoms with E-state index >= 15 is 0 Å². The maximum Gasteiger partial charge on any atom is 0.418 e. The topological polar surface area (TPSA) is 6.89 Å². The Bertz CT molecular complexity index is 1960. The number of para-hydroxylation sites is 1. The van der Waals surface area contributed by atoms with Gasteiger partial charge in [-0.15, -0.1) is 9.14 Å². The number of hydrogen-bond acceptors (Lipinski definition) is 0. The van der Waals surface area contributed by atoms with Gasteiger partial charge in [0.15, 0.2) is 0 Å². The van der Waals surface area contributed by atoms with Crippen molar-refractivity contribution in [2.45, 2.75) is 5.66 Å². The fourth-order valence-corrected chi connectivity index (χ4v) is 6.98. The van der Waals surface area contributed by atoms with Crippen LogP contribution in [-0.2, 0) is 5.66 Å². The summed E-state index contributed by atoms with van der Waals surface area (Å²) < 4.78 is 5.13. The monoisotopic (exact) mass is 444 g/mol. The third kappa shape index (κ3) is 1.89. The summed E-state index contributed by atoms with van der Waals surface area (Å²) >= 11 is 0. The molecule has 1 unspecified atom stereocenters. The van der Waals surface area contributed by atoms with E-state index in [9.17, 15) is 0 Å². The molecule has 3 aliphatic heterocycles. The molecular weight excluding hydrogens is 424 g/mol. The van der Waals surface area contributed by atoms with Crippen LogP contribution in [0.1, 0.15) is 16.8 Å². The molecule has 2 heteroatoms. The third-order valence-corrected chi connectivity index (χ3v) is 8.23. The fraction of sp³-hybridized carbons (Fsp3) is 0.0303. The van der Waals surface area contributed by atoms with Crippen molar-refractivity contribution in [3.8, 4) is 22.4 Å². The van der Waals surface area contributed by atoms with E-state index in [1.807, 2.05) is 0 Å². The molecule has 0 N–H and O–H groups in total. The SMILES string of the molecule is C1=[N+]2c3ccccc3-c3c(ccc4ccccc34)C23c2ccccc2-c2c4ccccc4cc1[n+]23. The quantitative estimate of drug-likeness (QED) is 0.228. The summed E-state index contributed by atoms with van der Waals surface area (Å²) in [6.07, 6.45) is 2.36. The van der Waals surface area contributed by atoms with Crippen LogP contribution < -0.4 is 4.57 Å². The molecule has 160 valence electrons. The van der Waals surface area contributed by atoms with Gasteiger partial charge in [-0.2, -0.15) is 0 Å². The lowest BCUT2D eigenvalue weighted by atomic mass is 9.79. The molecule has 0 bridgehead atoms. The maximum absolute atomic E-state index is 2.60. The van der Waals surface area contributed by atoms with Crippen molar-refractivity contribution >= 4 is 33.4 Å². The van der Waals surface area contributed by atoms with Crippen LogP contribution in [0.15, 0.2) is 115 Å². The Balaban J connectivity index is 1.58. The molecule has 0 saturated heterocycles. The van der Waals surface area contributed by atoms with E-state index < -0.39 is 5.66 Å². The smallest absolute Gasteiger partial charge is 0.119 e. The first-order chi connectivity index (χ1) is 17.4.